The summed E-state index contributed by atoms with van der Waals surface area (Å²) in [7, 11) is -2.33. The lowest BCUT2D eigenvalue weighted by atomic mass is 10.3. The molecule has 0 saturated carbocycles. The molecule has 0 bridgehead atoms. The van der Waals surface area contributed by atoms with Crippen molar-refractivity contribution in [1.29, 1.82) is 0 Å². The van der Waals surface area contributed by atoms with Gasteiger partial charge in [-0.2, -0.15) is 0 Å². The van der Waals surface area contributed by atoms with Crippen LogP contribution in [0.5, 0.6) is 5.75 Å². The van der Waals surface area contributed by atoms with Crippen LogP contribution in [0, 0.1) is 6.92 Å². The van der Waals surface area contributed by atoms with Crippen molar-refractivity contribution in [1.82, 2.24) is 4.98 Å². The number of pyridine rings is 1. The van der Waals surface area contributed by atoms with Crippen molar-refractivity contribution in [2.75, 3.05) is 11.8 Å². The molecule has 0 radical (unpaired) electrons. The van der Waals surface area contributed by atoms with Gasteiger partial charge in [-0.15, -0.1) is 0 Å². The van der Waals surface area contributed by atoms with Crippen LogP contribution in [0.25, 0.3) is 0 Å². The van der Waals surface area contributed by atoms with Crippen molar-refractivity contribution in [2.24, 2.45) is 0 Å². The van der Waals surface area contributed by atoms with E-state index in [-0.39, 0.29) is 10.6 Å². The van der Waals surface area contributed by atoms with Gasteiger partial charge in [0.2, 0.25) is 0 Å². The molecule has 5 nitrogen and oxygen atoms in total. The summed E-state index contributed by atoms with van der Waals surface area (Å²) in [4.78, 5) is 4.07. The second kappa shape index (κ2) is 5.68. The Kier molecular flexibility index (Phi) is 4.15. The average molecular weight is 313 g/mol. The number of nitrogens with zero attached hydrogens (tertiary/aromatic N) is 1. The lowest BCUT2D eigenvalue weighted by Gasteiger charge is -2.12. The molecule has 0 fully saturated rings. The normalized spacial score (nSPS) is 11.2. The third kappa shape index (κ3) is 3.02. The minimum atomic E-state index is -3.75. The fourth-order valence-corrected chi connectivity index (χ4v) is 3.16. The number of benzene rings is 1. The van der Waals surface area contributed by atoms with Crippen LogP contribution in [0.1, 0.15) is 5.69 Å². The van der Waals surface area contributed by atoms with E-state index in [1.54, 1.807) is 31.2 Å². The van der Waals surface area contributed by atoms with Crippen molar-refractivity contribution in [2.45, 2.75) is 11.8 Å². The highest BCUT2D eigenvalue weighted by Crippen LogP contribution is 2.26. The molecule has 1 heterocycles. The molecule has 0 atom stereocenters. The van der Waals surface area contributed by atoms with E-state index in [0.29, 0.717) is 16.5 Å². The molecule has 0 saturated heterocycles. The highest BCUT2D eigenvalue weighted by atomic mass is 35.5. The lowest BCUT2D eigenvalue weighted by Crippen LogP contribution is -2.15. The summed E-state index contributed by atoms with van der Waals surface area (Å²) in [6.07, 6.45) is 0. The number of hydrogen-bond acceptors (Lipinski definition) is 4. The maximum absolute atomic E-state index is 12.4. The van der Waals surface area contributed by atoms with E-state index in [1.165, 1.54) is 19.2 Å². The molecule has 0 amide bonds. The summed E-state index contributed by atoms with van der Waals surface area (Å²) in [6, 6.07) is 9.48. The first kappa shape index (κ1) is 14.6. The van der Waals surface area contributed by atoms with Gasteiger partial charge in [-0.3, -0.25) is 4.72 Å². The van der Waals surface area contributed by atoms with E-state index in [9.17, 15) is 8.42 Å². The fraction of sp³-hybridized carbons (Fsp3) is 0.154. The molecule has 0 aliphatic rings. The van der Waals surface area contributed by atoms with Crippen LogP contribution >= 0.6 is 11.6 Å². The number of halogens is 1. The second-order valence-corrected chi connectivity index (χ2v) is 6.06. The molecule has 2 aromatic rings. The number of rotatable bonds is 4. The van der Waals surface area contributed by atoms with Crippen molar-refractivity contribution in [3.63, 3.8) is 0 Å². The Morgan fingerprint density at radius 2 is 1.90 bits per heavy atom. The Bertz CT molecular complexity index is 732. The summed E-state index contributed by atoms with van der Waals surface area (Å²) in [6.45, 7) is 1.67. The van der Waals surface area contributed by atoms with Gasteiger partial charge >= 0.3 is 0 Å². The number of aromatic nitrogens is 1. The minimum absolute atomic E-state index is 0.0665. The molecule has 2 rings (SSSR count). The summed E-state index contributed by atoms with van der Waals surface area (Å²) < 4.78 is 32.3. The van der Waals surface area contributed by atoms with Gasteiger partial charge in [-0.05, 0) is 31.2 Å². The molecule has 1 aromatic heterocycles. The molecule has 7 heteroatoms. The predicted molar refractivity (Wildman–Crippen MR) is 77.8 cm³/mol. The van der Waals surface area contributed by atoms with Gasteiger partial charge in [0.15, 0.2) is 0 Å². The molecule has 106 valence electrons. The molecule has 0 aliphatic carbocycles. The van der Waals surface area contributed by atoms with E-state index < -0.39 is 10.0 Å². The van der Waals surface area contributed by atoms with Crippen LogP contribution in [0.2, 0.25) is 5.15 Å². The highest BCUT2D eigenvalue weighted by Gasteiger charge is 2.20. The van der Waals surface area contributed by atoms with Crippen LogP contribution in [-0.2, 0) is 10.0 Å². The average Bonchev–Trinajstić information content (AvgIpc) is 2.42. The number of para-hydroxylation sites is 1. The van der Waals surface area contributed by atoms with E-state index in [4.69, 9.17) is 16.3 Å². The monoisotopic (exact) mass is 312 g/mol. The molecule has 0 aliphatic heterocycles. The minimum Gasteiger partial charge on any atom is -0.495 e. The third-order valence-corrected chi connectivity index (χ3v) is 4.27. The summed E-state index contributed by atoms with van der Waals surface area (Å²) in [5, 5.41) is 0.308. The summed E-state index contributed by atoms with van der Waals surface area (Å²) in [5.41, 5.74) is 0.872. The van der Waals surface area contributed by atoms with E-state index >= 15 is 0 Å². The smallest absolute Gasteiger partial charge is 0.265 e. The Hall–Kier alpha value is -1.79. The van der Waals surface area contributed by atoms with Crippen molar-refractivity contribution >= 4 is 27.3 Å². The first-order valence-corrected chi connectivity index (χ1v) is 7.59. The van der Waals surface area contributed by atoms with Crippen molar-refractivity contribution < 1.29 is 13.2 Å². The number of ether oxygens (including phenoxy) is 1. The standard InChI is InChI=1S/C13H13ClN2O3S/c1-9-10(7-8-13(14)15-9)16-20(17,18)12-6-4-3-5-11(12)19-2/h3-8,16H,1-2H3. The van der Waals surface area contributed by atoms with E-state index in [1.807, 2.05) is 0 Å². The van der Waals surface area contributed by atoms with Crippen molar-refractivity contribution in [3.8, 4) is 5.75 Å². The van der Waals surface area contributed by atoms with Gasteiger partial charge in [0.25, 0.3) is 10.0 Å². The summed E-state index contributed by atoms with van der Waals surface area (Å²) >= 11 is 5.74. The number of methoxy groups -OCH3 is 1. The predicted octanol–water partition coefficient (Wildman–Crippen LogP) is 2.85. The van der Waals surface area contributed by atoms with Crippen LogP contribution in [0.15, 0.2) is 41.3 Å². The maximum Gasteiger partial charge on any atom is 0.265 e. The molecule has 20 heavy (non-hydrogen) atoms. The number of hydrogen-bond donors (Lipinski definition) is 1. The van der Waals surface area contributed by atoms with Gasteiger partial charge in [0.05, 0.1) is 18.5 Å². The topological polar surface area (TPSA) is 68.3 Å². The van der Waals surface area contributed by atoms with Crippen LogP contribution in [0.3, 0.4) is 0 Å². The largest absolute Gasteiger partial charge is 0.495 e. The quantitative estimate of drug-likeness (QED) is 0.881. The van der Waals surface area contributed by atoms with Crippen LogP contribution in [-0.4, -0.2) is 20.5 Å². The van der Waals surface area contributed by atoms with Gasteiger partial charge < -0.3 is 4.74 Å². The molecule has 0 unspecified atom stereocenters. The number of sulfonamides is 1. The van der Waals surface area contributed by atoms with Gasteiger partial charge in [-0.1, -0.05) is 23.7 Å². The SMILES string of the molecule is COc1ccccc1S(=O)(=O)Nc1ccc(Cl)nc1C. The van der Waals surface area contributed by atoms with Crippen molar-refractivity contribution in [3.05, 3.63) is 47.2 Å². The maximum atomic E-state index is 12.4. The Balaban J connectivity index is 2.41. The lowest BCUT2D eigenvalue weighted by molar-refractivity contribution is 0.403. The molecular weight excluding hydrogens is 300 g/mol. The zero-order valence-corrected chi connectivity index (χ0v) is 12.5. The zero-order chi connectivity index (χ0) is 14.8. The number of aryl methyl sites for hydroxylation is 1. The first-order chi connectivity index (χ1) is 9.44. The van der Waals surface area contributed by atoms with Gasteiger partial charge in [0.1, 0.15) is 15.8 Å². The second-order valence-electron chi connectivity index (χ2n) is 4.02. The molecular formula is C13H13ClN2O3S. The first-order valence-electron chi connectivity index (χ1n) is 5.73. The number of nitrogens with one attached hydrogen (secondary N) is 1. The molecule has 1 N–H and O–H groups in total. The zero-order valence-electron chi connectivity index (χ0n) is 10.9. The van der Waals surface area contributed by atoms with Crippen LogP contribution in [0.4, 0.5) is 5.69 Å². The molecule has 0 spiro atoms. The Morgan fingerprint density at radius 3 is 2.55 bits per heavy atom. The van der Waals surface area contributed by atoms with Gasteiger partial charge in [0, 0.05) is 0 Å². The Labute approximate surface area is 122 Å². The fourth-order valence-electron chi connectivity index (χ4n) is 1.68. The summed E-state index contributed by atoms with van der Waals surface area (Å²) in [5.74, 6) is 0.277. The van der Waals surface area contributed by atoms with E-state index in [2.05, 4.69) is 9.71 Å². The third-order valence-electron chi connectivity index (χ3n) is 2.65. The van der Waals surface area contributed by atoms with Crippen LogP contribution < -0.4 is 9.46 Å². The van der Waals surface area contributed by atoms with Gasteiger partial charge in [-0.25, -0.2) is 13.4 Å². The molecule has 1 aromatic carbocycles. The van der Waals surface area contributed by atoms with E-state index in [0.717, 1.165) is 0 Å². The Morgan fingerprint density at radius 1 is 1.20 bits per heavy atom. The number of anilines is 1. The highest BCUT2D eigenvalue weighted by molar-refractivity contribution is 7.92.